The van der Waals surface area contributed by atoms with Gasteiger partial charge in [0, 0.05) is 26.2 Å². The fourth-order valence-corrected chi connectivity index (χ4v) is 2.82. The van der Waals surface area contributed by atoms with Crippen LogP contribution in [0.3, 0.4) is 0 Å². The predicted octanol–water partition coefficient (Wildman–Crippen LogP) is 1.54. The summed E-state index contributed by atoms with van der Waals surface area (Å²) in [5, 5.41) is 18.4. The van der Waals surface area contributed by atoms with Gasteiger partial charge in [-0.2, -0.15) is 0 Å². The van der Waals surface area contributed by atoms with E-state index in [1.807, 2.05) is 11.5 Å². The molecule has 1 aromatic heterocycles. The zero-order chi connectivity index (χ0) is 16.2. The van der Waals surface area contributed by atoms with Crippen molar-refractivity contribution in [2.75, 3.05) is 26.2 Å². The van der Waals surface area contributed by atoms with E-state index in [1.165, 1.54) is 12.1 Å². The van der Waals surface area contributed by atoms with Gasteiger partial charge < -0.3 is 14.4 Å². The highest BCUT2D eigenvalue weighted by Gasteiger charge is 2.27. The molecule has 0 spiro atoms. The number of hydrogen-bond donors (Lipinski definition) is 1. The predicted molar refractivity (Wildman–Crippen MR) is 82.2 cm³/mol. The lowest BCUT2D eigenvalue weighted by Crippen LogP contribution is -2.41. The molecule has 124 valence electrons. The monoisotopic (exact) mass is 320 g/mol. The number of halogens is 1. The van der Waals surface area contributed by atoms with Gasteiger partial charge in [0.05, 0.1) is 12.7 Å². The first-order valence-electron chi connectivity index (χ1n) is 7.82. The van der Waals surface area contributed by atoms with Crippen LogP contribution in [0.25, 0.3) is 0 Å². The zero-order valence-electron chi connectivity index (χ0n) is 13.1. The Bertz CT molecular complexity index is 631. The van der Waals surface area contributed by atoms with Crippen molar-refractivity contribution in [3.05, 3.63) is 47.8 Å². The maximum atomic E-state index is 13.0. The Morgan fingerprint density at radius 3 is 2.91 bits per heavy atom. The van der Waals surface area contributed by atoms with Crippen LogP contribution in [-0.2, 0) is 11.3 Å². The third-order valence-electron chi connectivity index (χ3n) is 4.11. The Kier molecular flexibility index (Phi) is 5.00. The number of aliphatic hydroxyl groups is 1. The van der Waals surface area contributed by atoms with Crippen LogP contribution in [0.5, 0.6) is 0 Å². The lowest BCUT2D eigenvalue weighted by atomic mass is 10.1. The van der Waals surface area contributed by atoms with Crippen LogP contribution in [0.2, 0.25) is 0 Å². The first-order chi connectivity index (χ1) is 11.2. The number of benzene rings is 1. The summed E-state index contributed by atoms with van der Waals surface area (Å²) >= 11 is 0. The number of aryl methyl sites for hydroxylation is 1. The summed E-state index contributed by atoms with van der Waals surface area (Å²) in [7, 11) is 0. The Hall–Kier alpha value is -1.83. The number of aliphatic hydroxyl groups excluding tert-OH is 1. The molecule has 0 aliphatic carbocycles. The number of hydrogen-bond acceptors (Lipinski definition) is 5. The molecule has 2 aromatic rings. The van der Waals surface area contributed by atoms with Crippen LogP contribution < -0.4 is 0 Å². The number of aromatic nitrogens is 3. The van der Waals surface area contributed by atoms with Gasteiger partial charge in [0.25, 0.3) is 0 Å². The largest absolute Gasteiger partial charge is 0.387 e. The van der Waals surface area contributed by atoms with Gasteiger partial charge in [-0.3, -0.25) is 4.90 Å². The average Bonchev–Trinajstić information content (AvgIpc) is 3.04. The molecule has 0 radical (unpaired) electrons. The molecule has 0 amide bonds. The number of ether oxygens (including phenoxy) is 1. The van der Waals surface area contributed by atoms with Crippen molar-refractivity contribution in [1.82, 2.24) is 19.7 Å². The highest BCUT2D eigenvalue weighted by molar-refractivity contribution is 5.18. The summed E-state index contributed by atoms with van der Waals surface area (Å²) in [4.78, 5) is 2.14. The smallest absolute Gasteiger partial charge is 0.163 e. The van der Waals surface area contributed by atoms with E-state index >= 15 is 0 Å². The lowest BCUT2D eigenvalue weighted by Gasteiger charge is -2.33. The van der Waals surface area contributed by atoms with Crippen molar-refractivity contribution < 1.29 is 14.2 Å². The quantitative estimate of drug-likeness (QED) is 0.905. The van der Waals surface area contributed by atoms with Gasteiger partial charge >= 0.3 is 0 Å². The van der Waals surface area contributed by atoms with E-state index in [0.717, 1.165) is 18.9 Å². The Morgan fingerprint density at radius 1 is 1.39 bits per heavy atom. The van der Waals surface area contributed by atoms with Crippen molar-refractivity contribution in [3.63, 3.8) is 0 Å². The third-order valence-corrected chi connectivity index (χ3v) is 4.11. The van der Waals surface area contributed by atoms with Gasteiger partial charge in [-0.15, -0.1) is 10.2 Å². The molecule has 1 N–H and O–H groups in total. The van der Waals surface area contributed by atoms with E-state index in [0.29, 0.717) is 25.3 Å². The first-order valence-corrected chi connectivity index (χ1v) is 7.82. The van der Waals surface area contributed by atoms with Crippen molar-refractivity contribution >= 4 is 0 Å². The second-order valence-electron chi connectivity index (χ2n) is 5.66. The summed E-state index contributed by atoms with van der Waals surface area (Å²) < 4.78 is 20.7. The zero-order valence-corrected chi connectivity index (χ0v) is 13.1. The maximum Gasteiger partial charge on any atom is 0.163 e. The average molecular weight is 320 g/mol. The fourth-order valence-electron chi connectivity index (χ4n) is 2.82. The van der Waals surface area contributed by atoms with Crippen LogP contribution in [0.1, 0.15) is 30.5 Å². The van der Waals surface area contributed by atoms with E-state index in [9.17, 15) is 9.50 Å². The highest BCUT2D eigenvalue weighted by Crippen LogP contribution is 2.23. The van der Waals surface area contributed by atoms with E-state index in [-0.39, 0.29) is 11.9 Å². The van der Waals surface area contributed by atoms with Crippen LogP contribution >= 0.6 is 0 Å². The Balaban J connectivity index is 1.63. The van der Waals surface area contributed by atoms with E-state index in [4.69, 9.17) is 4.74 Å². The number of nitrogens with zero attached hydrogens (tertiary/aromatic N) is 4. The summed E-state index contributed by atoms with van der Waals surface area (Å²) in [5.74, 6) is 0.514. The highest BCUT2D eigenvalue weighted by atomic mass is 19.1. The first kappa shape index (κ1) is 16.0. The third kappa shape index (κ3) is 3.74. The summed E-state index contributed by atoms with van der Waals surface area (Å²) in [5.41, 5.74) is 0.714. The van der Waals surface area contributed by atoms with Crippen LogP contribution in [-0.4, -0.2) is 51.0 Å². The summed E-state index contributed by atoms with van der Waals surface area (Å²) in [6.45, 7) is 5.28. The molecule has 2 atom stereocenters. The van der Waals surface area contributed by atoms with Gasteiger partial charge in [0.2, 0.25) is 0 Å². The molecule has 1 aliphatic rings. The Morgan fingerprint density at radius 2 is 2.17 bits per heavy atom. The maximum absolute atomic E-state index is 13.0. The molecule has 7 heteroatoms. The van der Waals surface area contributed by atoms with Gasteiger partial charge in [-0.25, -0.2) is 4.39 Å². The number of morpholine rings is 1. The van der Waals surface area contributed by atoms with Crippen molar-refractivity contribution in [1.29, 1.82) is 0 Å². The SMILES string of the molecule is CCn1cnnc1[C@@H]1CN(C[C@H](O)c2ccc(F)cc2)CCO1. The molecular formula is C16H21FN4O2. The van der Waals surface area contributed by atoms with Crippen LogP contribution in [0, 0.1) is 5.82 Å². The molecule has 1 aliphatic heterocycles. The molecule has 1 aromatic carbocycles. The van der Waals surface area contributed by atoms with Gasteiger partial charge in [0.1, 0.15) is 18.2 Å². The summed E-state index contributed by atoms with van der Waals surface area (Å²) in [6.07, 6.45) is 0.898. The van der Waals surface area contributed by atoms with Gasteiger partial charge in [-0.1, -0.05) is 12.1 Å². The summed E-state index contributed by atoms with van der Waals surface area (Å²) in [6, 6.07) is 5.96. The standard InChI is InChI=1S/C16H21FN4O2/c1-2-21-11-18-19-16(21)15-10-20(7-8-23-15)9-14(22)12-3-5-13(17)6-4-12/h3-6,11,14-15,22H,2,7-10H2,1H3/t14-,15-/m0/s1. The molecule has 0 saturated carbocycles. The van der Waals surface area contributed by atoms with Gasteiger partial charge in [-0.05, 0) is 24.6 Å². The lowest BCUT2D eigenvalue weighted by molar-refractivity contribution is -0.0476. The minimum atomic E-state index is -0.654. The Labute approximate surface area is 134 Å². The van der Waals surface area contributed by atoms with Crippen LogP contribution in [0.4, 0.5) is 4.39 Å². The molecule has 23 heavy (non-hydrogen) atoms. The van der Waals surface area contributed by atoms with Crippen molar-refractivity contribution in [2.24, 2.45) is 0 Å². The molecule has 0 bridgehead atoms. The molecule has 6 nitrogen and oxygen atoms in total. The normalized spacial score (nSPS) is 20.6. The fraction of sp³-hybridized carbons (Fsp3) is 0.500. The minimum absolute atomic E-state index is 0.147. The molecular weight excluding hydrogens is 299 g/mol. The van der Waals surface area contributed by atoms with Crippen molar-refractivity contribution in [2.45, 2.75) is 25.7 Å². The molecule has 2 heterocycles. The number of β-amino-alcohol motifs (C(OH)–C–C–N with tert-alkyl or cyclic N) is 1. The van der Waals surface area contributed by atoms with Crippen molar-refractivity contribution in [3.8, 4) is 0 Å². The minimum Gasteiger partial charge on any atom is -0.387 e. The molecule has 1 fully saturated rings. The van der Waals surface area contributed by atoms with E-state index in [1.54, 1.807) is 18.5 Å². The van der Waals surface area contributed by atoms with E-state index < -0.39 is 6.10 Å². The molecule has 0 unspecified atom stereocenters. The second-order valence-corrected chi connectivity index (χ2v) is 5.66. The topological polar surface area (TPSA) is 63.4 Å². The second kappa shape index (κ2) is 7.16. The van der Waals surface area contributed by atoms with E-state index in [2.05, 4.69) is 15.1 Å². The molecule has 1 saturated heterocycles. The van der Waals surface area contributed by atoms with Gasteiger partial charge in [0.15, 0.2) is 5.82 Å². The number of rotatable bonds is 5. The van der Waals surface area contributed by atoms with Crippen LogP contribution in [0.15, 0.2) is 30.6 Å². The molecule has 3 rings (SSSR count).